The Balaban J connectivity index is 2.05. The molecule has 3 rings (SSSR count). The third-order valence-electron chi connectivity index (χ3n) is 4.50. The number of nitro benzene ring substituents is 1. The molecular formula is C21H19ClF3N5O3. The van der Waals surface area contributed by atoms with Crippen molar-refractivity contribution in [3.05, 3.63) is 63.7 Å². The van der Waals surface area contributed by atoms with Crippen LogP contribution in [0.25, 0.3) is 11.3 Å². The second kappa shape index (κ2) is 9.90. The van der Waals surface area contributed by atoms with Crippen molar-refractivity contribution < 1.29 is 22.8 Å². The van der Waals surface area contributed by atoms with Gasteiger partial charge in [0.1, 0.15) is 17.3 Å². The van der Waals surface area contributed by atoms with Crippen molar-refractivity contribution in [1.82, 2.24) is 9.97 Å². The lowest BCUT2D eigenvalue weighted by Crippen LogP contribution is -2.17. The quantitative estimate of drug-likeness (QED) is 0.277. The number of nitrogens with zero attached hydrogens (tertiary/aromatic N) is 3. The average Bonchev–Trinajstić information content (AvgIpc) is 2.72. The molecule has 1 heterocycles. The van der Waals surface area contributed by atoms with Crippen molar-refractivity contribution in [2.45, 2.75) is 32.7 Å². The van der Waals surface area contributed by atoms with Crippen LogP contribution >= 0.6 is 11.6 Å². The van der Waals surface area contributed by atoms with E-state index in [-0.39, 0.29) is 39.9 Å². The van der Waals surface area contributed by atoms with Crippen LogP contribution in [0.4, 0.5) is 36.3 Å². The Morgan fingerprint density at radius 1 is 1.18 bits per heavy atom. The van der Waals surface area contributed by atoms with Crippen molar-refractivity contribution in [1.29, 1.82) is 0 Å². The molecule has 3 aromatic rings. The lowest BCUT2D eigenvalue weighted by Gasteiger charge is -2.15. The van der Waals surface area contributed by atoms with Gasteiger partial charge in [0.25, 0.3) is 5.69 Å². The minimum absolute atomic E-state index is 0.00602. The number of aromatic nitrogens is 2. The normalized spacial score (nSPS) is 12.2. The highest BCUT2D eigenvalue weighted by Gasteiger charge is 2.31. The van der Waals surface area contributed by atoms with Gasteiger partial charge in [0.05, 0.1) is 10.6 Å². The number of alkyl halides is 3. The number of hydrogen-bond donors (Lipinski definition) is 2. The lowest BCUT2D eigenvalue weighted by molar-refractivity contribution is -0.383. The van der Waals surface area contributed by atoms with Crippen molar-refractivity contribution in [3.63, 3.8) is 0 Å². The SMILES string of the molecule is CC[C@@H](C)Nc1nc(Nc2cc(Cl)ccc2[N+](=O)[O-])cc(-c2cccc(OC(F)(F)F)c2)n1. The topological polar surface area (TPSA) is 102 Å². The molecule has 0 aliphatic rings. The van der Waals surface area contributed by atoms with Gasteiger partial charge in [0.15, 0.2) is 0 Å². The van der Waals surface area contributed by atoms with E-state index in [0.717, 1.165) is 6.42 Å². The van der Waals surface area contributed by atoms with Gasteiger partial charge in [-0.3, -0.25) is 10.1 Å². The minimum atomic E-state index is -4.84. The summed E-state index contributed by atoms with van der Waals surface area (Å²) in [5.41, 5.74) is 0.475. The summed E-state index contributed by atoms with van der Waals surface area (Å²) in [5.74, 6) is -0.0375. The maximum absolute atomic E-state index is 12.6. The summed E-state index contributed by atoms with van der Waals surface area (Å²) in [4.78, 5) is 19.5. The van der Waals surface area contributed by atoms with E-state index in [4.69, 9.17) is 11.6 Å². The number of benzene rings is 2. The molecule has 1 atom stereocenters. The summed E-state index contributed by atoms with van der Waals surface area (Å²) in [7, 11) is 0. The van der Waals surface area contributed by atoms with Crippen LogP contribution in [-0.4, -0.2) is 27.3 Å². The number of hydrogen-bond acceptors (Lipinski definition) is 7. The van der Waals surface area contributed by atoms with Gasteiger partial charge in [-0.25, -0.2) is 4.98 Å². The Bertz CT molecular complexity index is 1160. The van der Waals surface area contributed by atoms with Crippen LogP contribution in [0.15, 0.2) is 48.5 Å². The summed E-state index contributed by atoms with van der Waals surface area (Å²) in [6.45, 7) is 3.86. The van der Waals surface area contributed by atoms with Crippen LogP contribution in [0.5, 0.6) is 5.75 Å². The smallest absolute Gasteiger partial charge is 0.406 e. The second-order valence-electron chi connectivity index (χ2n) is 7.03. The molecule has 12 heteroatoms. The zero-order valence-corrected chi connectivity index (χ0v) is 18.2. The number of nitrogens with one attached hydrogen (secondary N) is 2. The van der Waals surface area contributed by atoms with Gasteiger partial charge in [-0.2, -0.15) is 4.98 Å². The van der Waals surface area contributed by atoms with Gasteiger partial charge in [-0.1, -0.05) is 30.7 Å². The van der Waals surface area contributed by atoms with Gasteiger partial charge < -0.3 is 15.4 Å². The van der Waals surface area contributed by atoms with Gasteiger partial charge >= 0.3 is 6.36 Å². The summed E-state index contributed by atoms with van der Waals surface area (Å²) >= 11 is 5.99. The number of halogens is 4. The van der Waals surface area contributed by atoms with E-state index >= 15 is 0 Å². The zero-order chi connectivity index (χ0) is 24.2. The summed E-state index contributed by atoms with van der Waals surface area (Å²) in [5, 5.41) is 17.6. The Hall–Kier alpha value is -3.60. The molecule has 0 radical (unpaired) electrons. The maximum atomic E-state index is 12.6. The number of rotatable bonds is 8. The fourth-order valence-corrected chi connectivity index (χ4v) is 2.98. The fraction of sp³-hybridized carbons (Fsp3) is 0.238. The van der Waals surface area contributed by atoms with Crippen LogP contribution < -0.4 is 15.4 Å². The molecule has 2 aromatic carbocycles. The third kappa shape index (κ3) is 6.69. The molecule has 0 unspecified atom stereocenters. The Labute approximate surface area is 191 Å². The van der Waals surface area contributed by atoms with Crippen LogP contribution in [-0.2, 0) is 0 Å². The van der Waals surface area contributed by atoms with Crippen LogP contribution in [0.1, 0.15) is 20.3 Å². The van der Waals surface area contributed by atoms with Gasteiger partial charge in [-0.15, -0.1) is 13.2 Å². The molecule has 0 spiro atoms. The molecule has 0 saturated heterocycles. The van der Waals surface area contributed by atoms with Crippen LogP contribution in [0.3, 0.4) is 0 Å². The average molecular weight is 482 g/mol. The Kier molecular flexibility index (Phi) is 7.22. The molecule has 33 heavy (non-hydrogen) atoms. The largest absolute Gasteiger partial charge is 0.573 e. The number of anilines is 3. The van der Waals surface area contributed by atoms with E-state index in [1.165, 1.54) is 42.5 Å². The third-order valence-corrected chi connectivity index (χ3v) is 4.73. The highest BCUT2D eigenvalue weighted by atomic mass is 35.5. The molecule has 0 saturated carbocycles. The standard InChI is InChI=1S/C21H19ClF3N5O3/c1-3-12(2)26-20-28-16(13-5-4-6-15(9-13)33-21(23,24)25)11-19(29-20)27-17-10-14(22)7-8-18(17)30(31)32/h4-12H,3H2,1-2H3,(H2,26,27,28,29)/t12-/m1/s1. The van der Waals surface area contributed by atoms with Crippen molar-refractivity contribution >= 4 is 34.7 Å². The minimum Gasteiger partial charge on any atom is -0.406 e. The molecule has 174 valence electrons. The molecule has 0 fully saturated rings. The highest BCUT2D eigenvalue weighted by molar-refractivity contribution is 6.31. The van der Waals surface area contributed by atoms with Gasteiger partial charge in [0, 0.05) is 28.8 Å². The Morgan fingerprint density at radius 3 is 2.61 bits per heavy atom. The second-order valence-corrected chi connectivity index (χ2v) is 7.47. The first-order valence-corrected chi connectivity index (χ1v) is 10.1. The van der Waals surface area contributed by atoms with Crippen molar-refractivity contribution in [2.24, 2.45) is 0 Å². The lowest BCUT2D eigenvalue weighted by atomic mass is 10.1. The molecule has 1 aromatic heterocycles. The predicted octanol–water partition coefficient (Wildman–Crippen LogP) is 6.56. The van der Waals surface area contributed by atoms with Gasteiger partial charge in [0.2, 0.25) is 5.95 Å². The summed E-state index contributed by atoms with van der Waals surface area (Å²) < 4.78 is 41.9. The molecule has 0 bridgehead atoms. The number of nitro groups is 1. The Morgan fingerprint density at radius 2 is 1.94 bits per heavy atom. The van der Waals surface area contributed by atoms with E-state index < -0.39 is 17.0 Å². The summed E-state index contributed by atoms with van der Waals surface area (Å²) in [6, 6.07) is 10.8. The molecule has 0 aliphatic carbocycles. The first kappa shape index (κ1) is 24.1. The van der Waals surface area contributed by atoms with Crippen molar-refractivity contribution in [2.75, 3.05) is 10.6 Å². The molecule has 0 amide bonds. The van der Waals surface area contributed by atoms with Crippen LogP contribution in [0.2, 0.25) is 5.02 Å². The number of ether oxygens (including phenoxy) is 1. The van der Waals surface area contributed by atoms with E-state index in [1.54, 1.807) is 6.07 Å². The zero-order valence-electron chi connectivity index (χ0n) is 17.5. The van der Waals surface area contributed by atoms with Crippen molar-refractivity contribution in [3.8, 4) is 17.0 Å². The first-order valence-electron chi connectivity index (χ1n) is 9.77. The van der Waals surface area contributed by atoms with E-state index in [9.17, 15) is 23.3 Å². The monoisotopic (exact) mass is 481 g/mol. The molecule has 0 aliphatic heterocycles. The predicted molar refractivity (Wildman–Crippen MR) is 119 cm³/mol. The van der Waals surface area contributed by atoms with E-state index in [2.05, 4.69) is 25.3 Å². The van der Waals surface area contributed by atoms with Crippen LogP contribution in [0, 0.1) is 10.1 Å². The van der Waals surface area contributed by atoms with E-state index in [1.807, 2.05) is 13.8 Å². The molecule has 8 nitrogen and oxygen atoms in total. The van der Waals surface area contributed by atoms with Gasteiger partial charge in [-0.05, 0) is 37.6 Å². The van der Waals surface area contributed by atoms with E-state index in [0.29, 0.717) is 5.56 Å². The first-order chi connectivity index (χ1) is 15.5. The fourth-order valence-electron chi connectivity index (χ4n) is 2.80. The summed E-state index contributed by atoms with van der Waals surface area (Å²) in [6.07, 6.45) is -4.09. The molecular weight excluding hydrogens is 463 g/mol. The molecule has 2 N–H and O–H groups in total. The highest BCUT2D eigenvalue weighted by Crippen LogP contribution is 2.32. The maximum Gasteiger partial charge on any atom is 0.573 e.